The third-order valence-corrected chi connectivity index (χ3v) is 3.80. The lowest BCUT2D eigenvalue weighted by Gasteiger charge is -2.11. The fourth-order valence-electron chi connectivity index (χ4n) is 1.33. The molecule has 0 amide bonds. The highest BCUT2D eigenvalue weighted by Gasteiger charge is 2.24. The van der Waals surface area contributed by atoms with Gasteiger partial charge in [0, 0.05) is 6.07 Å². The van der Waals surface area contributed by atoms with Crippen molar-refractivity contribution < 1.29 is 35.5 Å². The zero-order valence-electron chi connectivity index (χ0n) is 9.60. The fraction of sp³-hybridized carbons (Fsp3) is 0.222. The first-order valence-electron chi connectivity index (χ1n) is 4.82. The molecule has 0 bridgehead atoms. The summed E-state index contributed by atoms with van der Waals surface area (Å²) in [4.78, 5) is 9.09. The summed E-state index contributed by atoms with van der Waals surface area (Å²) < 4.78 is 67.0. The highest BCUT2D eigenvalue weighted by atomic mass is 32.2. The van der Waals surface area contributed by atoms with Gasteiger partial charge in [-0.25, -0.2) is 0 Å². The summed E-state index contributed by atoms with van der Waals surface area (Å²) in [6.45, 7) is 1.53. The highest BCUT2D eigenvalue weighted by molar-refractivity contribution is 7.86. The second kappa shape index (κ2) is 5.25. The van der Waals surface area contributed by atoms with Crippen molar-refractivity contribution >= 4 is 26.5 Å². The predicted molar refractivity (Wildman–Crippen MR) is 62.6 cm³/mol. The van der Waals surface area contributed by atoms with Gasteiger partial charge in [-0.15, -0.1) is 0 Å². The minimum atomic E-state index is -4.86. The maximum Gasteiger partial charge on any atom is 0.295 e. The van der Waals surface area contributed by atoms with Crippen molar-refractivity contribution in [1.29, 1.82) is 0 Å². The van der Waals surface area contributed by atoms with Crippen molar-refractivity contribution in [1.82, 2.24) is 0 Å². The van der Waals surface area contributed by atoms with E-state index >= 15 is 0 Å². The van der Waals surface area contributed by atoms with Crippen LogP contribution in [-0.2, 0) is 20.2 Å². The first-order valence-corrected chi connectivity index (χ1v) is 7.70. The van der Waals surface area contributed by atoms with Gasteiger partial charge < -0.3 is 4.74 Å². The zero-order valence-corrected chi connectivity index (χ0v) is 11.2. The maximum absolute atomic E-state index is 11.1. The van der Waals surface area contributed by atoms with Crippen LogP contribution in [0.3, 0.4) is 0 Å². The molecule has 1 aromatic carbocycles. The van der Waals surface area contributed by atoms with Crippen molar-refractivity contribution in [3.05, 3.63) is 17.7 Å². The maximum atomic E-state index is 11.1. The molecule has 0 heterocycles. The van der Waals surface area contributed by atoms with Crippen molar-refractivity contribution in [3.8, 4) is 5.75 Å². The second-order valence-corrected chi connectivity index (χ2v) is 6.15. The van der Waals surface area contributed by atoms with Gasteiger partial charge in [-0.3, -0.25) is 13.9 Å². The second-order valence-electron chi connectivity index (χ2n) is 3.33. The average Bonchev–Trinajstić information content (AvgIpc) is 2.26. The predicted octanol–water partition coefficient (Wildman–Crippen LogP) is 0.391. The summed E-state index contributed by atoms with van der Waals surface area (Å²) in [5.74, 6) is -0.375. The molecule has 1 rings (SSSR count). The van der Waals surface area contributed by atoms with Gasteiger partial charge in [0.2, 0.25) is 0 Å². The Labute approximate surface area is 109 Å². The molecule has 1 aromatic rings. The lowest BCUT2D eigenvalue weighted by molar-refractivity contribution is 0.111. The average molecular weight is 310 g/mol. The van der Waals surface area contributed by atoms with Gasteiger partial charge in [0.05, 0.1) is 17.1 Å². The largest absolute Gasteiger partial charge is 0.493 e. The van der Waals surface area contributed by atoms with E-state index in [2.05, 4.69) is 0 Å². The number of aldehydes is 1. The molecule has 0 saturated carbocycles. The molecule has 106 valence electrons. The topological polar surface area (TPSA) is 135 Å². The standard InChI is InChI=1S/C9H10O8S2/c1-2-17-8-3-6(18(11,12)13)4-9(7(8)5-10)19(14,15)16/h3-5H,2H2,1H3,(H,11,12,13)(H,14,15,16). The van der Waals surface area contributed by atoms with Gasteiger partial charge in [0.1, 0.15) is 10.6 Å². The van der Waals surface area contributed by atoms with Crippen LogP contribution in [0.1, 0.15) is 17.3 Å². The Morgan fingerprint density at radius 2 is 1.74 bits per heavy atom. The smallest absolute Gasteiger partial charge is 0.295 e. The minimum absolute atomic E-state index is 0.0146. The van der Waals surface area contributed by atoms with Gasteiger partial charge in [0.15, 0.2) is 6.29 Å². The molecule has 0 unspecified atom stereocenters. The molecule has 0 atom stereocenters. The molecule has 2 N–H and O–H groups in total. The van der Waals surface area contributed by atoms with Gasteiger partial charge in [0.25, 0.3) is 20.2 Å². The number of carbonyl (C=O) groups excluding carboxylic acids is 1. The quantitative estimate of drug-likeness (QED) is 0.589. The van der Waals surface area contributed by atoms with Crippen LogP contribution in [0.25, 0.3) is 0 Å². The number of ether oxygens (including phenoxy) is 1. The Morgan fingerprint density at radius 1 is 1.16 bits per heavy atom. The van der Waals surface area contributed by atoms with Gasteiger partial charge in [-0.05, 0) is 13.0 Å². The summed E-state index contributed by atoms with van der Waals surface area (Å²) in [6, 6.07) is 1.26. The third kappa shape index (κ3) is 3.50. The molecule has 0 aliphatic heterocycles. The Bertz CT molecular complexity index is 702. The summed E-state index contributed by atoms with van der Waals surface area (Å²) in [6.07, 6.45) is 0.0991. The van der Waals surface area contributed by atoms with Crippen LogP contribution in [0.15, 0.2) is 21.9 Å². The van der Waals surface area contributed by atoms with Crippen LogP contribution in [0.4, 0.5) is 0 Å². The van der Waals surface area contributed by atoms with Gasteiger partial charge >= 0.3 is 0 Å². The lowest BCUT2D eigenvalue weighted by atomic mass is 10.2. The minimum Gasteiger partial charge on any atom is -0.493 e. The molecule has 19 heavy (non-hydrogen) atoms. The first-order chi connectivity index (χ1) is 8.61. The third-order valence-electron chi connectivity index (χ3n) is 2.07. The normalized spacial score (nSPS) is 12.2. The molecule has 0 aromatic heterocycles. The number of hydrogen-bond acceptors (Lipinski definition) is 6. The fourth-order valence-corrected chi connectivity index (χ4v) is 2.63. The van der Waals surface area contributed by atoms with Gasteiger partial charge in [-0.2, -0.15) is 16.8 Å². The van der Waals surface area contributed by atoms with E-state index in [0.717, 1.165) is 6.07 Å². The van der Waals surface area contributed by atoms with Crippen molar-refractivity contribution in [2.45, 2.75) is 16.7 Å². The summed E-state index contributed by atoms with van der Waals surface area (Å²) in [7, 11) is -9.58. The summed E-state index contributed by atoms with van der Waals surface area (Å²) in [5.41, 5.74) is -0.531. The highest BCUT2D eigenvalue weighted by Crippen LogP contribution is 2.29. The molecule has 0 radical (unpaired) electrons. The number of benzene rings is 1. The number of carbonyl (C=O) groups is 1. The van der Waals surface area contributed by atoms with Crippen LogP contribution in [0, 0.1) is 0 Å². The van der Waals surface area contributed by atoms with Crippen molar-refractivity contribution in [3.63, 3.8) is 0 Å². The molecule has 10 heteroatoms. The zero-order chi connectivity index (χ0) is 14.8. The molecule has 0 spiro atoms. The SMILES string of the molecule is CCOc1cc(S(=O)(=O)O)cc(S(=O)(=O)O)c1C=O. The number of rotatable bonds is 5. The molecule has 8 nitrogen and oxygen atoms in total. The Kier molecular flexibility index (Phi) is 4.30. The van der Waals surface area contributed by atoms with E-state index in [-0.39, 0.29) is 18.6 Å². The van der Waals surface area contributed by atoms with E-state index in [4.69, 9.17) is 13.8 Å². The first kappa shape index (κ1) is 15.6. The molecular weight excluding hydrogens is 300 g/mol. The Morgan fingerprint density at radius 3 is 2.11 bits per heavy atom. The van der Waals surface area contributed by atoms with Crippen molar-refractivity contribution in [2.75, 3.05) is 6.61 Å². The van der Waals surface area contributed by atoms with Crippen LogP contribution < -0.4 is 4.74 Å². The van der Waals surface area contributed by atoms with Gasteiger partial charge in [-0.1, -0.05) is 0 Å². The van der Waals surface area contributed by atoms with E-state index in [1.165, 1.54) is 6.92 Å². The van der Waals surface area contributed by atoms with E-state index in [0.29, 0.717) is 6.07 Å². The Hall–Kier alpha value is -1.49. The summed E-state index contributed by atoms with van der Waals surface area (Å²) >= 11 is 0. The number of hydrogen-bond donors (Lipinski definition) is 2. The van der Waals surface area contributed by atoms with E-state index in [1.807, 2.05) is 0 Å². The molecule has 0 fully saturated rings. The van der Waals surface area contributed by atoms with E-state index < -0.39 is 35.6 Å². The molecule has 0 saturated heterocycles. The molecule has 0 aliphatic rings. The van der Waals surface area contributed by atoms with Crippen molar-refractivity contribution in [2.24, 2.45) is 0 Å². The molecular formula is C9H10O8S2. The van der Waals surface area contributed by atoms with Crippen LogP contribution >= 0.6 is 0 Å². The van der Waals surface area contributed by atoms with Crippen LogP contribution in [-0.4, -0.2) is 38.8 Å². The van der Waals surface area contributed by atoms with Crippen LogP contribution in [0.2, 0.25) is 0 Å². The summed E-state index contributed by atoms with van der Waals surface area (Å²) in [5, 5.41) is 0. The lowest BCUT2D eigenvalue weighted by Crippen LogP contribution is -2.09. The van der Waals surface area contributed by atoms with E-state index in [1.54, 1.807) is 0 Å². The van der Waals surface area contributed by atoms with E-state index in [9.17, 15) is 21.6 Å². The Balaban J connectivity index is 3.79. The molecule has 0 aliphatic carbocycles. The monoisotopic (exact) mass is 310 g/mol. The van der Waals surface area contributed by atoms with Crippen LogP contribution in [0.5, 0.6) is 5.75 Å².